The van der Waals surface area contributed by atoms with Crippen molar-refractivity contribution in [1.82, 2.24) is 24.7 Å². The summed E-state index contributed by atoms with van der Waals surface area (Å²) in [5, 5.41) is 3.30. The fourth-order valence-corrected chi connectivity index (χ4v) is 1.82. The number of aromatic nitrogens is 5. The molecule has 0 aliphatic heterocycles. The van der Waals surface area contributed by atoms with Gasteiger partial charge in [0, 0.05) is 19.3 Å². The molecule has 0 saturated carbocycles. The van der Waals surface area contributed by atoms with Crippen molar-refractivity contribution < 1.29 is 13.2 Å². The van der Waals surface area contributed by atoms with Crippen molar-refractivity contribution in [3.8, 4) is 5.95 Å². The molecule has 2 aromatic heterocycles. The molecule has 0 radical (unpaired) electrons. The van der Waals surface area contributed by atoms with Crippen LogP contribution in [0.5, 0.6) is 0 Å². The van der Waals surface area contributed by atoms with E-state index >= 15 is 0 Å². The predicted octanol–water partition coefficient (Wildman–Crippen LogP) is 2.58. The fourth-order valence-electron chi connectivity index (χ4n) is 1.67. The minimum absolute atomic E-state index is 0.0626. The van der Waals surface area contributed by atoms with Crippen LogP contribution in [-0.4, -0.2) is 37.8 Å². The van der Waals surface area contributed by atoms with Gasteiger partial charge in [-0.2, -0.15) is 33.2 Å². The second-order valence-corrected chi connectivity index (χ2v) is 4.36. The van der Waals surface area contributed by atoms with E-state index < -0.39 is 11.9 Å². The van der Waals surface area contributed by atoms with Gasteiger partial charge in [-0.25, -0.2) is 4.68 Å². The predicted molar refractivity (Wildman–Crippen MR) is 70.5 cm³/mol. The molecule has 0 saturated heterocycles. The standard InChI is InChI=1S/C11H12ClF3N6/c1-3-20(4-2)9-16-8(12)17-10(18-9)21-6-5-7(19-21)11(13,14)15/h5-6H,3-4H2,1-2H3. The average Bonchev–Trinajstić information content (AvgIpc) is 2.89. The highest BCUT2D eigenvalue weighted by molar-refractivity contribution is 6.28. The van der Waals surface area contributed by atoms with Gasteiger partial charge in [-0.3, -0.25) is 0 Å². The Bertz CT molecular complexity index is 623. The number of hydrogen-bond acceptors (Lipinski definition) is 5. The van der Waals surface area contributed by atoms with Crippen LogP contribution in [0.25, 0.3) is 5.95 Å². The van der Waals surface area contributed by atoms with Gasteiger partial charge in [0.15, 0.2) is 5.69 Å². The number of nitrogens with zero attached hydrogens (tertiary/aromatic N) is 6. The van der Waals surface area contributed by atoms with Crippen LogP contribution in [0, 0.1) is 0 Å². The summed E-state index contributed by atoms with van der Waals surface area (Å²) in [5.74, 6) is 0.228. The van der Waals surface area contributed by atoms with Gasteiger partial charge >= 0.3 is 6.18 Å². The first-order valence-electron chi connectivity index (χ1n) is 6.15. The first-order chi connectivity index (χ1) is 9.85. The third kappa shape index (κ3) is 3.41. The van der Waals surface area contributed by atoms with Crippen molar-refractivity contribution >= 4 is 17.5 Å². The lowest BCUT2D eigenvalue weighted by Gasteiger charge is -2.18. The summed E-state index contributed by atoms with van der Waals surface area (Å²) in [4.78, 5) is 13.7. The van der Waals surface area contributed by atoms with E-state index in [1.54, 1.807) is 4.90 Å². The molecule has 0 N–H and O–H groups in total. The summed E-state index contributed by atoms with van der Waals surface area (Å²) in [6, 6.07) is 0.842. The van der Waals surface area contributed by atoms with E-state index in [0.29, 0.717) is 19.0 Å². The summed E-state index contributed by atoms with van der Waals surface area (Å²) in [5.41, 5.74) is -1.02. The number of alkyl halides is 3. The van der Waals surface area contributed by atoms with E-state index in [1.165, 1.54) is 0 Å². The molecule has 114 valence electrons. The average molecular weight is 321 g/mol. The molecular weight excluding hydrogens is 309 g/mol. The Balaban J connectivity index is 2.42. The van der Waals surface area contributed by atoms with Crippen LogP contribution in [0.4, 0.5) is 19.1 Å². The summed E-state index contributed by atoms with van der Waals surface area (Å²) in [6.07, 6.45) is -3.40. The van der Waals surface area contributed by atoms with Crippen molar-refractivity contribution in [3.05, 3.63) is 23.2 Å². The lowest BCUT2D eigenvalue weighted by atomic mass is 10.4. The van der Waals surface area contributed by atoms with Crippen molar-refractivity contribution in [2.75, 3.05) is 18.0 Å². The highest BCUT2D eigenvalue weighted by Crippen LogP contribution is 2.27. The zero-order chi connectivity index (χ0) is 15.6. The number of hydrogen-bond donors (Lipinski definition) is 0. The van der Waals surface area contributed by atoms with Gasteiger partial charge in [-0.05, 0) is 31.5 Å². The van der Waals surface area contributed by atoms with Gasteiger partial charge in [-0.1, -0.05) is 0 Å². The topological polar surface area (TPSA) is 59.7 Å². The molecule has 0 spiro atoms. The molecule has 10 heteroatoms. The molecule has 0 unspecified atom stereocenters. The van der Waals surface area contributed by atoms with Crippen molar-refractivity contribution in [2.24, 2.45) is 0 Å². The molecule has 2 rings (SSSR count). The monoisotopic (exact) mass is 320 g/mol. The molecule has 0 atom stereocenters. The summed E-state index contributed by atoms with van der Waals surface area (Å²) in [6.45, 7) is 5.06. The molecular formula is C11H12ClF3N6. The normalized spacial score (nSPS) is 11.7. The van der Waals surface area contributed by atoms with Crippen LogP contribution < -0.4 is 4.90 Å². The van der Waals surface area contributed by atoms with Crippen LogP contribution in [0.3, 0.4) is 0 Å². The Hall–Kier alpha value is -1.90. The Morgan fingerprint density at radius 2 is 1.86 bits per heavy atom. The maximum absolute atomic E-state index is 12.5. The zero-order valence-corrected chi connectivity index (χ0v) is 12.0. The Morgan fingerprint density at radius 1 is 1.19 bits per heavy atom. The van der Waals surface area contributed by atoms with Gasteiger partial charge in [0.05, 0.1) is 0 Å². The Kier molecular flexibility index (Phi) is 4.31. The second kappa shape index (κ2) is 5.84. The molecule has 0 aromatic carbocycles. The molecule has 2 aromatic rings. The Labute approximate surface area is 123 Å². The minimum atomic E-state index is -4.52. The van der Waals surface area contributed by atoms with E-state index in [9.17, 15) is 13.2 Å². The largest absolute Gasteiger partial charge is 0.435 e. The van der Waals surface area contributed by atoms with E-state index in [2.05, 4.69) is 20.1 Å². The first kappa shape index (κ1) is 15.5. The third-order valence-electron chi connectivity index (χ3n) is 2.72. The molecule has 0 fully saturated rings. The van der Waals surface area contributed by atoms with Crippen molar-refractivity contribution in [3.63, 3.8) is 0 Å². The highest BCUT2D eigenvalue weighted by atomic mass is 35.5. The molecule has 0 aliphatic carbocycles. The molecule has 0 aliphatic rings. The molecule has 21 heavy (non-hydrogen) atoms. The van der Waals surface area contributed by atoms with E-state index in [1.807, 2.05) is 13.8 Å². The molecule has 0 bridgehead atoms. The summed E-state index contributed by atoms with van der Waals surface area (Å²) < 4.78 is 38.6. The van der Waals surface area contributed by atoms with Crippen LogP contribution >= 0.6 is 11.6 Å². The van der Waals surface area contributed by atoms with Crippen molar-refractivity contribution in [2.45, 2.75) is 20.0 Å². The lowest BCUT2D eigenvalue weighted by molar-refractivity contribution is -0.141. The minimum Gasteiger partial charge on any atom is -0.341 e. The van der Waals surface area contributed by atoms with Crippen LogP contribution in [-0.2, 0) is 6.18 Å². The lowest BCUT2D eigenvalue weighted by Crippen LogP contribution is -2.25. The quantitative estimate of drug-likeness (QED) is 0.866. The maximum atomic E-state index is 12.5. The van der Waals surface area contributed by atoms with Crippen LogP contribution in [0.15, 0.2) is 12.3 Å². The van der Waals surface area contributed by atoms with E-state index in [4.69, 9.17) is 11.6 Å². The maximum Gasteiger partial charge on any atom is 0.435 e. The summed E-state index contributed by atoms with van der Waals surface area (Å²) in [7, 11) is 0. The van der Waals surface area contributed by atoms with Gasteiger partial charge in [-0.15, -0.1) is 0 Å². The van der Waals surface area contributed by atoms with Gasteiger partial charge in [0.2, 0.25) is 11.2 Å². The molecule has 2 heterocycles. The smallest absolute Gasteiger partial charge is 0.341 e. The van der Waals surface area contributed by atoms with E-state index in [-0.39, 0.29) is 11.2 Å². The van der Waals surface area contributed by atoms with Gasteiger partial charge < -0.3 is 4.90 Å². The molecule has 0 amide bonds. The van der Waals surface area contributed by atoms with Crippen LogP contribution in [0.1, 0.15) is 19.5 Å². The number of rotatable bonds is 4. The van der Waals surface area contributed by atoms with Crippen LogP contribution in [0.2, 0.25) is 5.28 Å². The number of halogens is 4. The third-order valence-corrected chi connectivity index (χ3v) is 2.88. The summed E-state index contributed by atoms with van der Waals surface area (Å²) >= 11 is 5.80. The zero-order valence-electron chi connectivity index (χ0n) is 11.3. The van der Waals surface area contributed by atoms with Crippen molar-refractivity contribution in [1.29, 1.82) is 0 Å². The fraction of sp³-hybridized carbons (Fsp3) is 0.455. The highest BCUT2D eigenvalue weighted by Gasteiger charge is 2.33. The Morgan fingerprint density at radius 3 is 2.38 bits per heavy atom. The molecule has 6 nitrogen and oxygen atoms in total. The number of anilines is 1. The van der Waals surface area contributed by atoms with Gasteiger partial charge in [0.1, 0.15) is 0 Å². The SMILES string of the molecule is CCN(CC)c1nc(Cl)nc(-n2ccc(C(F)(F)F)n2)n1. The first-order valence-corrected chi connectivity index (χ1v) is 6.52. The second-order valence-electron chi connectivity index (χ2n) is 4.02. The van der Waals surface area contributed by atoms with E-state index in [0.717, 1.165) is 16.9 Å². The van der Waals surface area contributed by atoms with Gasteiger partial charge in [0.25, 0.3) is 5.95 Å².